The molecule has 0 saturated carbocycles. The molecule has 0 N–H and O–H groups in total. The van der Waals surface area contributed by atoms with E-state index in [2.05, 4.69) is 0 Å². The third kappa shape index (κ3) is 3.59. The summed E-state index contributed by atoms with van der Waals surface area (Å²) in [6.45, 7) is 2.04. The van der Waals surface area contributed by atoms with Gasteiger partial charge in [-0.1, -0.05) is 24.3 Å². The summed E-state index contributed by atoms with van der Waals surface area (Å²) >= 11 is 0. The Bertz CT molecular complexity index is 1110. The summed E-state index contributed by atoms with van der Waals surface area (Å²) in [6, 6.07) is 11.9. The van der Waals surface area contributed by atoms with Crippen molar-refractivity contribution in [3.63, 3.8) is 0 Å². The summed E-state index contributed by atoms with van der Waals surface area (Å²) in [7, 11) is -3.85. The third-order valence-corrected chi connectivity index (χ3v) is 7.39. The Hall–Kier alpha value is -2.78. The Labute approximate surface area is 174 Å². The Morgan fingerprint density at radius 3 is 2.47 bits per heavy atom. The number of piperazine rings is 1. The average Bonchev–Trinajstić information content (AvgIpc) is 2.73. The fraction of sp³-hybridized carbons (Fsp3) is 0.333. The van der Waals surface area contributed by atoms with Crippen molar-refractivity contribution in [2.24, 2.45) is 0 Å². The van der Waals surface area contributed by atoms with Crippen LogP contribution < -0.4 is 0 Å². The Morgan fingerprint density at radius 2 is 1.77 bits per heavy atom. The molecular formula is C21H21FN2O5S. The minimum Gasteiger partial charge on any atom is -0.445 e. The number of carbonyl (C=O) groups excluding carboxylic acids is 2. The van der Waals surface area contributed by atoms with Crippen LogP contribution >= 0.6 is 0 Å². The van der Waals surface area contributed by atoms with E-state index in [9.17, 15) is 22.4 Å². The van der Waals surface area contributed by atoms with Crippen LogP contribution in [0.4, 0.5) is 4.39 Å². The Balaban J connectivity index is 1.47. The van der Waals surface area contributed by atoms with Gasteiger partial charge < -0.3 is 9.64 Å². The number of hydrogen-bond donors (Lipinski definition) is 0. The zero-order valence-electron chi connectivity index (χ0n) is 16.4. The number of amides is 1. The number of esters is 1. The van der Waals surface area contributed by atoms with Crippen LogP contribution in [0.15, 0.2) is 53.4 Å². The van der Waals surface area contributed by atoms with Crippen LogP contribution in [-0.4, -0.2) is 61.3 Å². The molecule has 2 aromatic rings. The second kappa shape index (κ2) is 7.48. The lowest BCUT2D eigenvalue weighted by Crippen LogP contribution is -2.58. The molecule has 4 rings (SSSR count). The van der Waals surface area contributed by atoms with Crippen molar-refractivity contribution in [3.05, 3.63) is 65.5 Å². The molecule has 0 spiro atoms. The highest BCUT2D eigenvalue weighted by molar-refractivity contribution is 7.89. The molecule has 30 heavy (non-hydrogen) atoms. The maximum absolute atomic E-state index is 13.4. The van der Waals surface area contributed by atoms with Gasteiger partial charge in [-0.05, 0) is 36.8 Å². The first-order valence-corrected chi connectivity index (χ1v) is 11.0. The third-order valence-electron chi connectivity index (χ3n) is 5.50. The topological polar surface area (TPSA) is 84.0 Å². The molecule has 0 aromatic heterocycles. The number of carbonyl (C=O) groups is 2. The van der Waals surface area contributed by atoms with E-state index >= 15 is 0 Å². The summed E-state index contributed by atoms with van der Waals surface area (Å²) in [5, 5.41) is 0. The van der Waals surface area contributed by atoms with Crippen LogP contribution in [0.2, 0.25) is 0 Å². The molecule has 1 amide bonds. The van der Waals surface area contributed by atoms with Gasteiger partial charge in [-0.15, -0.1) is 0 Å². The Kier molecular flexibility index (Phi) is 5.11. The zero-order valence-corrected chi connectivity index (χ0v) is 17.2. The van der Waals surface area contributed by atoms with Crippen LogP contribution in [0.5, 0.6) is 0 Å². The van der Waals surface area contributed by atoms with Crippen LogP contribution in [0.3, 0.4) is 0 Å². The lowest BCUT2D eigenvalue weighted by atomic mass is 9.89. The molecule has 1 fully saturated rings. The summed E-state index contributed by atoms with van der Waals surface area (Å²) in [5.41, 5.74) is -0.139. The number of rotatable bonds is 3. The standard InChI is InChI=1S/C21H21FN2O5S/c1-21(14-15-5-2-3-8-18(15)19(25)29-21)20(26)23-9-11-24(12-10-23)30(27,28)17-7-4-6-16(22)13-17/h2-8,13H,9-12,14H2,1H3/t21-/m1/s1. The average molecular weight is 432 g/mol. The van der Waals surface area contributed by atoms with E-state index in [-0.39, 0.29) is 43.4 Å². The first-order chi connectivity index (χ1) is 14.2. The lowest BCUT2D eigenvalue weighted by Gasteiger charge is -2.40. The van der Waals surface area contributed by atoms with Crippen LogP contribution in [0.25, 0.3) is 0 Å². The van der Waals surface area contributed by atoms with E-state index in [1.807, 2.05) is 0 Å². The first kappa shape index (κ1) is 20.5. The normalized spacial score (nSPS) is 22.3. The van der Waals surface area contributed by atoms with Crippen molar-refractivity contribution in [1.82, 2.24) is 9.21 Å². The molecule has 2 heterocycles. The molecule has 9 heteroatoms. The highest BCUT2D eigenvalue weighted by Gasteiger charge is 2.45. The molecule has 0 bridgehead atoms. The van der Waals surface area contributed by atoms with Gasteiger partial charge in [-0.3, -0.25) is 4.79 Å². The maximum Gasteiger partial charge on any atom is 0.339 e. The van der Waals surface area contributed by atoms with Crippen LogP contribution in [-0.2, 0) is 26.0 Å². The van der Waals surface area contributed by atoms with E-state index in [0.29, 0.717) is 5.56 Å². The lowest BCUT2D eigenvalue weighted by molar-refractivity contribution is -0.152. The van der Waals surface area contributed by atoms with Gasteiger partial charge in [-0.25, -0.2) is 17.6 Å². The molecular weight excluding hydrogens is 411 g/mol. The maximum atomic E-state index is 13.4. The number of fused-ring (bicyclic) bond motifs is 1. The van der Waals surface area contributed by atoms with E-state index in [1.165, 1.54) is 27.4 Å². The highest BCUT2D eigenvalue weighted by Crippen LogP contribution is 2.30. The quantitative estimate of drug-likeness (QED) is 0.691. The first-order valence-electron chi connectivity index (χ1n) is 9.57. The number of hydrogen-bond acceptors (Lipinski definition) is 5. The molecule has 0 radical (unpaired) electrons. The fourth-order valence-corrected chi connectivity index (χ4v) is 5.35. The molecule has 7 nitrogen and oxygen atoms in total. The van der Waals surface area contributed by atoms with E-state index in [4.69, 9.17) is 4.74 Å². The van der Waals surface area contributed by atoms with Gasteiger partial charge >= 0.3 is 5.97 Å². The molecule has 0 aliphatic carbocycles. The molecule has 2 aliphatic heterocycles. The number of benzene rings is 2. The summed E-state index contributed by atoms with van der Waals surface area (Å²) in [6.07, 6.45) is 0.259. The number of cyclic esters (lactones) is 1. The Morgan fingerprint density at radius 1 is 1.07 bits per heavy atom. The van der Waals surface area contributed by atoms with Gasteiger partial charge in [0.1, 0.15) is 5.82 Å². The van der Waals surface area contributed by atoms with Gasteiger partial charge in [-0.2, -0.15) is 4.31 Å². The molecule has 2 aromatic carbocycles. The van der Waals surface area contributed by atoms with Gasteiger partial charge in [0.2, 0.25) is 10.0 Å². The van der Waals surface area contributed by atoms with Gasteiger partial charge in [0.05, 0.1) is 10.5 Å². The van der Waals surface area contributed by atoms with Crippen molar-refractivity contribution < 1.29 is 27.1 Å². The minimum atomic E-state index is -3.85. The molecule has 1 atom stereocenters. The van der Waals surface area contributed by atoms with Crippen molar-refractivity contribution in [2.75, 3.05) is 26.2 Å². The fourth-order valence-electron chi connectivity index (χ4n) is 3.89. The molecule has 158 valence electrons. The number of ether oxygens (including phenoxy) is 1. The van der Waals surface area contributed by atoms with Gasteiger partial charge in [0.25, 0.3) is 5.91 Å². The van der Waals surface area contributed by atoms with Crippen molar-refractivity contribution >= 4 is 21.9 Å². The SMILES string of the molecule is C[C@]1(C(=O)N2CCN(S(=O)(=O)c3cccc(F)c3)CC2)Cc2ccccc2C(=O)O1. The van der Waals surface area contributed by atoms with Crippen molar-refractivity contribution in [1.29, 1.82) is 0 Å². The number of halogens is 1. The minimum absolute atomic E-state index is 0.0746. The van der Waals surface area contributed by atoms with E-state index in [0.717, 1.165) is 11.6 Å². The van der Waals surface area contributed by atoms with Crippen molar-refractivity contribution in [3.8, 4) is 0 Å². The number of sulfonamides is 1. The second-order valence-electron chi connectivity index (χ2n) is 7.61. The van der Waals surface area contributed by atoms with E-state index in [1.54, 1.807) is 31.2 Å². The monoisotopic (exact) mass is 432 g/mol. The number of nitrogens with zero attached hydrogens (tertiary/aromatic N) is 2. The van der Waals surface area contributed by atoms with Crippen molar-refractivity contribution in [2.45, 2.75) is 23.8 Å². The smallest absolute Gasteiger partial charge is 0.339 e. The molecule has 0 unspecified atom stereocenters. The predicted octanol–water partition coefficient (Wildman–Crippen LogP) is 1.83. The second-order valence-corrected chi connectivity index (χ2v) is 9.55. The summed E-state index contributed by atoms with van der Waals surface area (Å²) in [5.74, 6) is -1.52. The van der Waals surface area contributed by atoms with Gasteiger partial charge in [0, 0.05) is 32.6 Å². The molecule has 1 saturated heterocycles. The zero-order chi connectivity index (χ0) is 21.5. The van der Waals surface area contributed by atoms with E-state index < -0.39 is 27.4 Å². The highest BCUT2D eigenvalue weighted by atomic mass is 32.2. The summed E-state index contributed by atoms with van der Waals surface area (Å²) in [4.78, 5) is 26.9. The molecule has 2 aliphatic rings. The summed E-state index contributed by atoms with van der Waals surface area (Å²) < 4.78 is 45.7. The van der Waals surface area contributed by atoms with Gasteiger partial charge in [0.15, 0.2) is 5.60 Å². The van der Waals surface area contributed by atoms with Crippen LogP contribution in [0.1, 0.15) is 22.8 Å². The largest absolute Gasteiger partial charge is 0.445 e. The van der Waals surface area contributed by atoms with Crippen LogP contribution in [0, 0.1) is 5.82 Å². The predicted molar refractivity (Wildman–Crippen MR) is 106 cm³/mol.